The van der Waals surface area contributed by atoms with E-state index < -0.39 is 0 Å². The summed E-state index contributed by atoms with van der Waals surface area (Å²) >= 11 is 0. The smallest absolute Gasteiger partial charge is 0.239 e. The topological polar surface area (TPSA) is 75.9 Å². The fraction of sp³-hybridized carbons (Fsp3) is 0.556. The number of nitrogens with two attached hydrogens (primary N) is 1. The van der Waals surface area contributed by atoms with Gasteiger partial charge in [-0.25, -0.2) is 10.8 Å². The third-order valence-electron chi connectivity index (χ3n) is 1.99. The Morgan fingerprint density at radius 1 is 1.50 bits per heavy atom. The second-order valence-corrected chi connectivity index (χ2v) is 3.32. The van der Waals surface area contributed by atoms with Crippen molar-refractivity contribution in [3.63, 3.8) is 0 Å². The molecule has 0 amide bonds. The van der Waals surface area contributed by atoms with Crippen LogP contribution in [-0.4, -0.2) is 16.0 Å². The first-order valence-corrected chi connectivity index (χ1v) is 4.74. The molecule has 1 unspecified atom stereocenters. The van der Waals surface area contributed by atoms with Crippen molar-refractivity contribution in [1.82, 2.24) is 9.97 Å². The summed E-state index contributed by atoms with van der Waals surface area (Å²) in [6.45, 7) is 6.13. The molecule has 0 aromatic carbocycles. The third kappa shape index (κ3) is 2.85. The summed E-state index contributed by atoms with van der Waals surface area (Å²) in [5.41, 5.74) is 3.32. The van der Waals surface area contributed by atoms with Gasteiger partial charge in [0.05, 0.1) is 0 Å². The normalized spacial score (nSPS) is 12.3. The summed E-state index contributed by atoms with van der Waals surface area (Å²) < 4.78 is 0. The number of aromatic nitrogens is 2. The molecule has 1 aromatic rings. The molecule has 4 N–H and O–H groups in total. The van der Waals surface area contributed by atoms with Crippen molar-refractivity contribution >= 4 is 11.8 Å². The molecule has 0 aliphatic rings. The Bertz CT molecular complexity index is 299. The molecule has 0 spiro atoms. The van der Waals surface area contributed by atoms with Crippen LogP contribution in [0.4, 0.5) is 11.8 Å². The van der Waals surface area contributed by atoms with Crippen molar-refractivity contribution in [2.75, 3.05) is 10.7 Å². The lowest BCUT2D eigenvalue weighted by atomic mass is 10.2. The van der Waals surface area contributed by atoms with Crippen molar-refractivity contribution in [3.8, 4) is 0 Å². The van der Waals surface area contributed by atoms with Gasteiger partial charge < -0.3 is 5.32 Å². The molecule has 0 bridgehead atoms. The zero-order chi connectivity index (χ0) is 10.6. The summed E-state index contributed by atoms with van der Waals surface area (Å²) in [5, 5.41) is 3.26. The van der Waals surface area contributed by atoms with Gasteiger partial charge in [0.15, 0.2) is 0 Å². The van der Waals surface area contributed by atoms with Gasteiger partial charge in [-0.2, -0.15) is 4.98 Å². The van der Waals surface area contributed by atoms with Gasteiger partial charge in [0.25, 0.3) is 0 Å². The van der Waals surface area contributed by atoms with Crippen LogP contribution in [-0.2, 0) is 0 Å². The third-order valence-corrected chi connectivity index (χ3v) is 1.99. The first-order valence-electron chi connectivity index (χ1n) is 4.74. The minimum absolute atomic E-state index is 0.398. The maximum atomic E-state index is 5.25. The highest BCUT2D eigenvalue weighted by Crippen LogP contribution is 2.10. The van der Waals surface area contributed by atoms with Crippen LogP contribution in [0, 0.1) is 6.92 Å². The molecule has 1 atom stereocenters. The van der Waals surface area contributed by atoms with E-state index >= 15 is 0 Å². The van der Waals surface area contributed by atoms with E-state index in [1.54, 1.807) is 0 Å². The molecular weight excluding hydrogens is 178 g/mol. The van der Waals surface area contributed by atoms with E-state index in [1.807, 2.05) is 13.0 Å². The van der Waals surface area contributed by atoms with Crippen LogP contribution in [0.1, 0.15) is 26.0 Å². The van der Waals surface area contributed by atoms with Gasteiger partial charge >= 0.3 is 0 Å². The number of nitrogens with zero attached hydrogens (tertiary/aromatic N) is 2. The average molecular weight is 195 g/mol. The van der Waals surface area contributed by atoms with Crippen LogP contribution in [0.2, 0.25) is 0 Å². The maximum absolute atomic E-state index is 5.25. The summed E-state index contributed by atoms with van der Waals surface area (Å²) in [7, 11) is 0. The van der Waals surface area contributed by atoms with Crippen molar-refractivity contribution in [3.05, 3.63) is 11.8 Å². The second kappa shape index (κ2) is 4.76. The summed E-state index contributed by atoms with van der Waals surface area (Å²) in [6, 6.07) is 2.29. The number of aryl methyl sites for hydroxylation is 1. The lowest BCUT2D eigenvalue weighted by Gasteiger charge is -2.12. The van der Waals surface area contributed by atoms with E-state index in [0.717, 1.165) is 17.9 Å². The van der Waals surface area contributed by atoms with Gasteiger partial charge in [0.2, 0.25) is 5.95 Å². The van der Waals surface area contributed by atoms with E-state index in [9.17, 15) is 0 Å². The van der Waals surface area contributed by atoms with Crippen molar-refractivity contribution in [2.24, 2.45) is 5.84 Å². The zero-order valence-corrected chi connectivity index (χ0v) is 8.83. The van der Waals surface area contributed by atoms with Crippen molar-refractivity contribution in [2.45, 2.75) is 33.2 Å². The predicted molar refractivity (Wildman–Crippen MR) is 58.0 cm³/mol. The molecule has 1 heterocycles. The number of nitrogens with one attached hydrogen (secondary N) is 2. The molecule has 0 aliphatic carbocycles. The Morgan fingerprint density at radius 2 is 2.21 bits per heavy atom. The number of hydrogen-bond donors (Lipinski definition) is 3. The molecule has 0 fully saturated rings. The summed E-state index contributed by atoms with van der Waals surface area (Å²) in [5.74, 6) is 6.49. The number of anilines is 2. The predicted octanol–water partition coefficient (Wildman–Crippen LogP) is 1.28. The molecule has 1 aromatic heterocycles. The second-order valence-electron chi connectivity index (χ2n) is 3.32. The van der Waals surface area contributed by atoms with Gasteiger partial charge in [-0.1, -0.05) is 6.92 Å². The highest BCUT2D eigenvalue weighted by atomic mass is 15.3. The zero-order valence-electron chi connectivity index (χ0n) is 8.83. The molecule has 0 aliphatic heterocycles. The molecule has 0 saturated carbocycles. The Morgan fingerprint density at radius 3 is 2.79 bits per heavy atom. The van der Waals surface area contributed by atoms with Gasteiger partial charge in [-0.3, -0.25) is 5.43 Å². The minimum Gasteiger partial charge on any atom is -0.367 e. The Kier molecular flexibility index (Phi) is 3.64. The minimum atomic E-state index is 0.398. The van der Waals surface area contributed by atoms with Crippen molar-refractivity contribution in [1.29, 1.82) is 0 Å². The van der Waals surface area contributed by atoms with E-state index in [0.29, 0.717) is 12.0 Å². The van der Waals surface area contributed by atoms with Gasteiger partial charge in [0, 0.05) is 17.8 Å². The fourth-order valence-corrected chi connectivity index (χ4v) is 1.06. The quantitative estimate of drug-likeness (QED) is 0.498. The van der Waals surface area contributed by atoms with Gasteiger partial charge in [0.1, 0.15) is 5.82 Å². The number of nitrogen functional groups attached to an aromatic ring is 1. The van der Waals surface area contributed by atoms with Gasteiger partial charge in [-0.15, -0.1) is 0 Å². The molecule has 1 rings (SSSR count). The molecule has 5 nitrogen and oxygen atoms in total. The molecule has 14 heavy (non-hydrogen) atoms. The van der Waals surface area contributed by atoms with Crippen LogP contribution >= 0.6 is 0 Å². The Balaban J connectivity index is 2.81. The molecular formula is C9H17N5. The highest BCUT2D eigenvalue weighted by molar-refractivity contribution is 5.42. The standard InChI is InChI=1S/C9H17N5/c1-4-6(2)11-8-5-7(3)12-9(13-8)14-10/h5-6H,4,10H2,1-3H3,(H2,11,12,13,14). The van der Waals surface area contributed by atoms with Crippen LogP contribution in [0.25, 0.3) is 0 Å². The molecule has 0 saturated heterocycles. The first kappa shape index (κ1) is 10.7. The lowest BCUT2D eigenvalue weighted by molar-refractivity contribution is 0.758. The van der Waals surface area contributed by atoms with Gasteiger partial charge in [-0.05, 0) is 20.3 Å². The molecule has 5 heteroatoms. The number of rotatable bonds is 4. The number of hydrogen-bond acceptors (Lipinski definition) is 5. The maximum Gasteiger partial charge on any atom is 0.239 e. The van der Waals surface area contributed by atoms with Crippen LogP contribution in [0.3, 0.4) is 0 Å². The average Bonchev–Trinajstić information content (AvgIpc) is 2.16. The highest BCUT2D eigenvalue weighted by Gasteiger charge is 2.03. The monoisotopic (exact) mass is 195 g/mol. The molecule has 78 valence electrons. The van der Waals surface area contributed by atoms with E-state index in [-0.39, 0.29) is 0 Å². The Labute approximate surface area is 84.1 Å². The summed E-state index contributed by atoms with van der Waals surface area (Å²) in [6.07, 6.45) is 1.05. The molecule has 0 radical (unpaired) electrons. The fourth-order valence-electron chi connectivity index (χ4n) is 1.06. The lowest BCUT2D eigenvalue weighted by Crippen LogP contribution is -2.17. The van der Waals surface area contributed by atoms with Crippen LogP contribution in [0.5, 0.6) is 0 Å². The van der Waals surface area contributed by atoms with Crippen LogP contribution in [0.15, 0.2) is 6.07 Å². The van der Waals surface area contributed by atoms with E-state index in [1.165, 1.54) is 0 Å². The largest absolute Gasteiger partial charge is 0.367 e. The number of hydrazine groups is 1. The SMILES string of the molecule is CCC(C)Nc1cc(C)nc(NN)n1. The first-order chi connectivity index (χ1) is 6.65. The Hall–Kier alpha value is -1.36. The van der Waals surface area contributed by atoms with Crippen LogP contribution < -0.4 is 16.6 Å². The van der Waals surface area contributed by atoms with E-state index in [4.69, 9.17) is 5.84 Å². The summed E-state index contributed by atoms with van der Waals surface area (Å²) in [4.78, 5) is 8.28. The van der Waals surface area contributed by atoms with Crippen molar-refractivity contribution < 1.29 is 0 Å². The van der Waals surface area contributed by atoms with E-state index in [2.05, 4.69) is 34.6 Å².